The quantitative estimate of drug-likeness (QED) is 0.534. The third kappa shape index (κ3) is 4.90. The van der Waals surface area contributed by atoms with E-state index in [2.05, 4.69) is 4.98 Å². The number of aromatic nitrogens is 1. The number of hydrogen-bond donors (Lipinski definition) is 0. The summed E-state index contributed by atoms with van der Waals surface area (Å²) in [7, 11) is -3.78. The molecule has 1 aromatic heterocycles. The molecule has 6 nitrogen and oxygen atoms in total. The van der Waals surface area contributed by atoms with Gasteiger partial charge in [0.05, 0.1) is 25.1 Å². The second kappa shape index (κ2) is 9.20. The van der Waals surface area contributed by atoms with Gasteiger partial charge in [0.2, 0.25) is 15.9 Å². The number of sulfonamides is 1. The van der Waals surface area contributed by atoms with Gasteiger partial charge < -0.3 is 4.90 Å². The van der Waals surface area contributed by atoms with Crippen LogP contribution >= 0.6 is 22.9 Å². The highest BCUT2D eigenvalue weighted by Gasteiger charge is 2.30. The summed E-state index contributed by atoms with van der Waals surface area (Å²) in [6, 6.07) is 11.3. The van der Waals surface area contributed by atoms with Crippen LogP contribution in [0.5, 0.6) is 0 Å². The van der Waals surface area contributed by atoms with Gasteiger partial charge in [0.15, 0.2) is 0 Å². The number of rotatable bonds is 6. The largest absolute Gasteiger partial charge is 0.340 e. The maximum absolute atomic E-state index is 13.3. The lowest BCUT2D eigenvalue weighted by atomic mass is 10.2. The van der Waals surface area contributed by atoms with Crippen LogP contribution in [0.15, 0.2) is 47.4 Å². The van der Waals surface area contributed by atoms with Crippen molar-refractivity contribution in [3.8, 4) is 0 Å². The Bertz CT molecular complexity index is 1170. The van der Waals surface area contributed by atoms with Crippen LogP contribution in [0.3, 0.4) is 0 Å². The number of thiazole rings is 1. The summed E-state index contributed by atoms with van der Waals surface area (Å²) < 4.78 is 41.3. The topological polar surface area (TPSA) is 70.6 Å². The van der Waals surface area contributed by atoms with Crippen LogP contribution < -0.4 is 0 Å². The van der Waals surface area contributed by atoms with Crippen molar-refractivity contribution in [2.75, 3.05) is 26.2 Å². The minimum absolute atomic E-state index is 0.0167. The lowest BCUT2D eigenvalue weighted by molar-refractivity contribution is -0.132. The van der Waals surface area contributed by atoms with Gasteiger partial charge in [0.25, 0.3) is 0 Å². The molecule has 0 saturated carbocycles. The zero-order valence-electron chi connectivity index (χ0n) is 16.6. The van der Waals surface area contributed by atoms with Gasteiger partial charge in [0, 0.05) is 32.6 Å². The predicted molar refractivity (Wildman–Crippen MR) is 119 cm³/mol. The van der Waals surface area contributed by atoms with Crippen LogP contribution in [0.2, 0.25) is 5.02 Å². The molecule has 4 rings (SSSR count). The summed E-state index contributed by atoms with van der Waals surface area (Å²) in [5, 5.41) is 0.783. The van der Waals surface area contributed by atoms with E-state index < -0.39 is 15.8 Å². The van der Waals surface area contributed by atoms with Crippen molar-refractivity contribution in [3.63, 3.8) is 0 Å². The number of para-hydroxylation sites is 1. The second-order valence-electron chi connectivity index (χ2n) is 7.29. The average molecular weight is 482 g/mol. The fourth-order valence-electron chi connectivity index (χ4n) is 3.54. The fraction of sp³-hybridized carbons (Fsp3) is 0.333. The number of halogens is 2. The average Bonchev–Trinajstić information content (AvgIpc) is 3.18. The lowest BCUT2D eigenvalue weighted by Crippen LogP contribution is -2.50. The van der Waals surface area contributed by atoms with Crippen molar-refractivity contribution in [2.45, 2.75) is 24.2 Å². The summed E-state index contributed by atoms with van der Waals surface area (Å²) >= 11 is 7.37. The predicted octanol–water partition coefficient (Wildman–Crippen LogP) is 3.94. The maximum atomic E-state index is 13.3. The molecule has 0 N–H and O–H groups in total. The standard InChI is InChI=1S/C21H21ClFN3O3S2/c22-16-14-15(8-9-17(16)23)31(28,29)26-12-10-25(11-13-26)21(27)7-3-6-20-24-18-4-1-2-5-19(18)30-20/h1-2,4-5,8-9,14H,3,6-7,10-13H2. The summed E-state index contributed by atoms with van der Waals surface area (Å²) in [6.07, 6.45) is 1.84. The van der Waals surface area contributed by atoms with Crippen molar-refractivity contribution >= 4 is 49.1 Å². The van der Waals surface area contributed by atoms with E-state index in [4.69, 9.17) is 11.6 Å². The van der Waals surface area contributed by atoms with Gasteiger partial charge in [0.1, 0.15) is 5.82 Å². The molecular weight excluding hydrogens is 461 g/mol. The van der Waals surface area contributed by atoms with Crippen LogP contribution in [-0.4, -0.2) is 54.7 Å². The summed E-state index contributed by atoms with van der Waals surface area (Å²) in [5.41, 5.74) is 0.980. The van der Waals surface area contributed by atoms with Gasteiger partial charge >= 0.3 is 0 Å². The van der Waals surface area contributed by atoms with Crippen LogP contribution in [0, 0.1) is 5.82 Å². The Morgan fingerprint density at radius 1 is 1.13 bits per heavy atom. The third-order valence-electron chi connectivity index (χ3n) is 5.24. The molecule has 1 aliphatic heterocycles. The highest BCUT2D eigenvalue weighted by molar-refractivity contribution is 7.89. The van der Waals surface area contributed by atoms with Gasteiger partial charge in [-0.05, 0) is 43.2 Å². The van der Waals surface area contributed by atoms with E-state index in [0.29, 0.717) is 25.9 Å². The molecule has 1 saturated heterocycles. The van der Waals surface area contributed by atoms with E-state index in [0.717, 1.165) is 33.8 Å². The minimum Gasteiger partial charge on any atom is -0.340 e. The molecule has 0 spiro atoms. The van der Waals surface area contributed by atoms with Crippen LogP contribution in [0.4, 0.5) is 4.39 Å². The Morgan fingerprint density at radius 2 is 1.87 bits per heavy atom. The summed E-state index contributed by atoms with van der Waals surface area (Å²) in [4.78, 5) is 18.8. The Labute approximate surface area is 189 Å². The highest BCUT2D eigenvalue weighted by Crippen LogP contribution is 2.24. The molecule has 10 heteroatoms. The summed E-state index contributed by atoms with van der Waals surface area (Å²) in [5.74, 6) is -0.648. The van der Waals surface area contributed by atoms with E-state index in [1.165, 1.54) is 10.4 Å². The van der Waals surface area contributed by atoms with Crippen molar-refractivity contribution in [3.05, 3.63) is 58.3 Å². The molecule has 0 unspecified atom stereocenters. The molecule has 0 aliphatic carbocycles. The van der Waals surface area contributed by atoms with Crippen LogP contribution in [-0.2, 0) is 21.2 Å². The molecule has 164 valence electrons. The molecule has 0 radical (unpaired) electrons. The first-order valence-electron chi connectivity index (χ1n) is 9.92. The molecule has 1 fully saturated rings. The number of aryl methyl sites for hydroxylation is 1. The van der Waals surface area contributed by atoms with E-state index >= 15 is 0 Å². The fourth-order valence-corrected chi connectivity index (χ4v) is 6.24. The molecule has 1 aliphatic rings. The molecule has 3 aromatic rings. The van der Waals surface area contributed by atoms with Gasteiger partial charge in [-0.25, -0.2) is 17.8 Å². The van der Waals surface area contributed by atoms with Gasteiger partial charge in [-0.1, -0.05) is 23.7 Å². The molecule has 2 heterocycles. The summed E-state index contributed by atoms with van der Waals surface area (Å²) in [6.45, 7) is 1.05. The number of carbonyl (C=O) groups is 1. The van der Waals surface area contributed by atoms with Crippen molar-refractivity contribution < 1.29 is 17.6 Å². The number of fused-ring (bicyclic) bond motifs is 1. The monoisotopic (exact) mass is 481 g/mol. The maximum Gasteiger partial charge on any atom is 0.243 e. The van der Waals surface area contributed by atoms with Crippen LogP contribution in [0.25, 0.3) is 10.2 Å². The molecule has 31 heavy (non-hydrogen) atoms. The number of piperazine rings is 1. The number of amides is 1. The van der Waals surface area contributed by atoms with Crippen molar-refractivity contribution in [2.24, 2.45) is 0 Å². The Hall–Kier alpha value is -2.07. The van der Waals surface area contributed by atoms with E-state index in [1.54, 1.807) is 16.2 Å². The number of nitrogens with zero attached hydrogens (tertiary/aromatic N) is 3. The second-order valence-corrected chi connectivity index (χ2v) is 10.8. The molecule has 0 bridgehead atoms. The minimum atomic E-state index is -3.78. The normalized spacial score (nSPS) is 15.5. The van der Waals surface area contributed by atoms with Crippen LogP contribution in [0.1, 0.15) is 17.8 Å². The van der Waals surface area contributed by atoms with E-state index in [-0.39, 0.29) is 28.9 Å². The molecule has 0 atom stereocenters. The first kappa shape index (κ1) is 22.1. The molecular formula is C21H21ClFN3O3S2. The highest BCUT2D eigenvalue weighted by atomic mass is 35.5. The van der Waals surface area contributed by atoms with E-state index in [1.807, 2.05) is 24.3 Å². The molecule has 1 amide bonds. The Balaban J connectivity index is 1.28. The lowest BCUT2D eigenvalue weighted by Gasteiger charge is -2.34. The number of benzene rings is 2. The van der Waals surface area contributed by atoms with Gasteiger partial charge in [-0.15, -0.1) is 11.3 Å². The number of carbonyl (C=O) groups excluding carboxylic acids is 1. The first-order valence-corrected chi connectivity index (χ1v) is 12.6. The smallest absolute Gasteiger partial charge is 0.243 e. The van der Waals surface area contributed by atoms with Crippen molar-refractivity contribution in [1.82, 2.24) is 14.2 Å². The van der Waals surface area contributed by atoms with Gasteiger partial charge in [-0.3, -0.25) is 4.79 Å². The first-order chi connectivity index (χ1) is 14.8. The Morgan fingerprint density at radius 3 is 2.58 bits per heavy atom. The van der Waals surface area contributed by atoms with E-state index in [9.17, 15) is 17.6 Å². The van der Waals surface area contributed by atoms with Gasteiger partial charge in [-0.2, -0.15) is 4.31 Å². The zero-order chi connectivity index (χ0) is 22.0. The molecule has 2 aromatic carbocycles. The van der Waals surface area contributed by atoms with Crippen molar-refractivity contribution in [1.29, 1.82) is 0 Å². The SMILES string of the molecule is O=C(CCCc1nc2ccccc2s1)N1CCN(S(=O)(=O)c2ccc(F)c(Cl)c2)CC1. The zero-order valence-corrected chi connectivity index (χ0v) is 19.0. The third-order valence-corrected chi connectivity index (χ3v) is 8.52. The number of hydrogen-bond acceptors (Lipinski definition) is 5. The Kier molecular flexibility index (Phi) is 6.57.